The molecule has 0 spiro atoms. The fourth-order valence-corrected chi connectivity index (χ4v) is 10.9. The number of hydrogen-bond donors (Lipinski definition) is 1. The molecule has 4 aromatic rings. The van der Waals surface area contributed by atoms with Crippen molar-refractivity contribution in [3.8, 4) is 11.3 Å². The molecule has 5 heteroatoms. The van der Waals surface area contributed by atoms with Crippen LogP contribution in [-0.2, 0) is 19.3 Å². The number of hydrogen-bond acceptors (Lipinski definition) is 4. The van der Waals surface area contributed by atoms with Crippen molar-refractivity contribution in [2.24, 2.45) is 27.7 Å². The minimum atomic E-state index is -0.176. The number of furan rings is 1. The minimum Gasteiger partial charge on any atom is -0.460 e. The lowest BCUT2D eigenvalue weighted by molar-refractivity contribution is 0.454. The van der Waals surface area contributed by atoms with Gasteiger partial charge < -0.3 is 14.3 Å². The molecular weight excluding hydrogens is 697 g/mol. The third-order valence-electron chi connectivity index (χ3n) is 13.7. The first kappa shape index (κ1) is 34.8. The molecule has 0 amide bonds. The monoisotopic (exact) mass is 748 g/mol. The number of aromatic nitrogens is 1. The Morgan fingerprint density at radius 2 is 1.72 bits per heavy atom. The van der Waals surface area contributed by atoms with Gasteiger partial charge in [-0.05, 0) is 118 Å². The van der Waals surface area contributed by atoms with Gasteiger partial charge in [-0.25, -0.2) is 9.98 Å². The van der Waals surface area contributed by atoms with E-state index < -0.39 is 0 Å². The van der Waals surface area contributed by atoms with Crippen molar-refractivity contribution < 1.29 is 4.42 Å². The molecule has 4 unspecified atom stereocenters. The van der Waals surface area contributed by atoms with E-state index in [0.29, 0.717) is 5.92 Å². The zero-order valence-electron chi connectivity index (χ0n) is 33.0. The van der Waals surface area contributed by atoms with E-state index in [1.54, 1.807) is 0 Å². The Kier molecular flexibility index (Phi) is 8.86. The van der Waals surface area contributed by atoms with Crippen LogP contribution in [0.2, 0.25) is 0 Å². The van der Waals surface area contributed by atoms with Gasteiger partial charge in [0.05, 0.1) is 11.2 Å². The number of benzene rings is 2. The Morgan fingerprint density at radius 3 is 2.58 bits per heavy atom. The standard InChI is InChI=1S/C52H52N4O/c1-33-15-13-20-36(31-33)37-27-28-39(44(32-37)52-54-50(34-16-5-2-6-17-34)53-51(55-52)35-18-7-3-8-19-35)42-24-14-25-43-47-46(57-49(42)43)30-29-41-40-23-11-12-26-45(40)56(48(41)47)38-21-9-4-10-22-38/h2,5-7,9,11-12,16-18,21-24,26-28,35-36,44,50H,1,3-4,8,10,13-15,19-20,25,29-32H2,(H,53,54,55). The second kappa shape index (κ2) is 14.5. The van der Waals surface area contributed by atoms with Gasteiger partial charge in [0, 0.05) is 46.0 Å². The fraction of sp³-hybridized carbons (Fsp3) is 0.346. The molecule has 4 atom stereocenters. The number of rotatable bonds is 6. The number of fused-ring (bicyclic) bond motifs is 7. The van der Waals surface area contributed by atoms with E-state index in [9.17, 15) is 0 Å². The van der Waals surface area contributed by atoms with Crippen LogP contribution in [0, 0.1) is 17.8 Å². The molecule has 2 aromatic heterocycles. The zero-order chi connectivity index (χ0) is 37.9. The lowest BCUT2D eigenvalue weighted by Crippen LogP contribution is -2.39. The molecule has 1 N–H and O–H groups in total. The van der Waals surface area contributed by atoms with Crippen molar-refractivity contribution in [3.05, 3.63) is 155 Å². The number of para-hydroxylation sites is 1. The highest BCUT2D eigenvalue weighted by atomic mass is 16.3. The summed E-state index contributed by atoms with van der Waals surface area (Å²) in [5, 5.41) is 5.18. The van der Waals surface area contributed by atoms with Crippen LogP contribution in [0.1, 0.15) is 105 Å². The van der Waals surface area contributed by atoms with Crippen LogP contribution in [0.5, 0.6) is 0 Å². The van der Waals surface area contributed by atoms with Crippen LogP contribution in [-0.4, -0.2) is 16.2 Å². The minimum absolute atomic E-state index is 0.0231. The molecule has 11 rings (SSSR count). The summed E-state index contributed by atoms with van der Waals surface area (Å²) in [6.45, 7) is 4.45. The van der Waals surface area contributed by atoms with E-state index in [2.05, 4.69) is 120 Å². The second-order valence-corrected chi connectivity index (χ2v) is 17.2. The van der Waals surface area contributed by atoms with E-state index >= 15 is 0 Å². The van der Waals surface area contributed by atoms with Crippen LogP contribution in [0.4, 0.5) is 0 Å². The van der Waals surface area contributed by atoms with E-state index in [1.165, 1.54) is 86.1 Å². The molecule has 1 saturated carbocycles. The van der Waals surface area contributed by atoms with Gasteiger partial charge in [-0.15, -0.1) is 0 Å². The molecule has 286 valence electrons. The summed E-state index contributed by atoms with van der Waals surface area (Å²) < 4.78 is 9.75. The van der Waals surface area contributed by atoms with E-state index in [0.717, 1.165) is 93.8 Å². The van der Waals surface area contributed by atoms with Gasteiger partial charge in [0.25, 0.3) is 0 Å². The molecule has 2 aromatic carbocycles. The Balaban J connectivity index is 1.05. The summed E-state index contributed by atoms with van der Waals surface area (Å²) in [5.41, 5.74) is 14.7. The summed E-state index contributed by atoms with van der Waals surface area (Å²) >= 11 is 0. The van der Waals surface area contributed by atoms with Crippen molar-refractivity contribution in [1.82, 2.24) is 9.88 Å². The molecule has 1 aliphatic heterocycles. The van der Waals surface area contributed by atoms with Crippen molar-refractivity contribution in [2.45, 2.75) is 96.1 Å². The largest absolute Gasteiger partial charge is 0.460 e. The van der Waals surface area contributed by atoms with Gasteiger partial charge in [0.1, 0.15) is 29.4 Å². The first-order valence-electron chi connectivity index (χ1n) is 21.7. The topological polar surface area (TPSA) is 54.8 Å². The van der Waals surface area contributed by atoms with Crippen LogP contribution in [0.3, 0.4) is 0 Å². The van der Waals surface area contributed by atoms with Crippen LogP contribution >= 0.6 is 0 Å². The van der Waals surface area contributed by atoms with Gasteiger partial charge in [-0.1, -0.05) is 109 Å². The predicted molar refractivity (Wildman–Crippen MR) is 235 cm³/mol. The van der Waals surface area contributed by atoms with Crippen molar-refractivity contribution in [1.29, 1.82) is 0 Å². The van der Waals surface area contributed by atoms with Crippen LogP contribution < -0.4 is 5.32 Å². The lowest BCUT2D eigenvalue weighted by atomic mass is 9.72. The predicted octanol–water partition coefficient (Wildman–Crippen LogP) is 12.6. The number of nitrogens with zero attached hydrogens (tertiary/aromatic N) is 3. The van der Waals surface area contributed by atoms with Gasteiger partial charge >= 0.3 is 0 Å². The zero-order valence-corrected chi connectivity index (χ0v) is 33.0. The van der Waals surface area contributed by atoms with Crippen molar-refractivity contribution in [2.75, 3.05) is 0 Å². The molecule has 0 saturated heterocycles. The Labute approximate surface area is 336 Å². The summed E-state index contributed by atoms with van der Waals surface area (Å²) in [6, 6.07) is 19.8. The average Bonchev–Trinajstić information content (AvgIpc) is 3.83. The van der Waals surface area contributed by atoms with Crippen molar-refractivity contribution >= 4 is 33.8 Å². The Bertz CT molecular complexity index is 2540. The molecule has 57 heavy (non-hydrogen) atoms. The number of aliphatic imine (C=N–C) groups is 2. The summed E-state index contributed by atoms with van der Waals surface area (Å²) in [6.07, 6.45) is 34.0. The molecule has 6 aliphatic carbocycles. The van der Waals surface area contributed by atoms with E-state index in [-0.39, 0.29) is 18.0 Å². The highest BCUT2D eigenvalue weighted by Crippen LogP contribution is 2.51. The molecular formula is C52H52N4O. The third kappa shape index (κ3) is 6.13. The maximum atomic E-state index is 7.20. The molecule has 0 radical (unpaired) electrons. The van der Waals surface area contributed by atoms with E-state index in [1.807, 2.05) is 0 Å². The summed E-state index contributed by atoms with van der Waals surface area (Å²) in [7, 11) is 0. The normalized spacial score (nSPS) is 25.6. The van der Waals surface area contributed by atoms with Crippen LogP contribution in [0.25, 0.3) is 33.4 Å². The average molecular weight is 749 g/mol. The molecule has 7 aliphatic rings. The number of amidine groups is 2. The number of allylic oxidation sites excluding steroid dienone is 11. The lowest BCUT2D eigenvalue weighted by Gasteiger charge is -2.35. The molecule has 5 nitrogen and oxygen atoms in total. The van der Waals surface area contributed by atoms with Gasteiger partial charge in [-0.3, -0.25) is 0 Å². The molecule has 1 fully saturated rings. The Hall–Kier alpha value is -5.42. The highest BCUT2D eigenvalue weighted by Gasteiger charge is 2.39. The van der Waals surface area contributed by atoms with Crippen molar-refractivity contribution in [3.63, 3.8) is 0 Å². The summed E-state index contributed by atoms with van der Waals surface area (Å²) in [5.74, 6) is 5.04. The maximum absolute atomic E-state index is 7.20. The number of nitrogens with one attached hydrogen (secondary N) is 1. The van der Waals surface area contributed by atoms with E-state index in [4.69, 9.17) is 14.4 Å². The fourth-order valence-electron chi connectivity index (χ4n) is 10.9. The van der Waals surface area contributed by atoms with Gasteiger partial charge in [0.15, 0.2) is 0 Å². The SMILES string of the molecule is C=C1CCCC(C2=CC=C(C3=CCCc4c3oc3c4-c4c(c5ccccc5n4C4=CCCC=C4)CC3)C(C3=NC(c4ccccc4)NC(C4C=CCCC4)=N3)C2)C1. The smallest absolute Gasteiger partial charge is 0.147 e. The number of aryl methyl sites for hydroxylation is 2. The second-order valence-electron chi connectivity index (χ2n) is 17.2. The maximum Gasteiger partial charge on any atom is 0.147 e. The quantitative estimate of drug-likeness (QED) is 0.200. The highest BCUT2D eigenvalue weighted by molar-refractivity contribution is 6.05. The first-order valence-corrected chi connectivity index (χ1v) is 21.7. The first-order chi connectivity index (χ1) is 28.2. The van der Waals surface area contributed by atoms with Gasteiger partial charge in [-0.2, -0.15) is 0 Å². The van der Waals surface area contributed by atoms with Gasteiger partial charge in [0.2, 0.25) is 0 Å². The molecule has 0 bridgehead atoms. The molecule has 3 heterocycles. The van der Waals surface area contributed by atoms with Crippen LogP contribution in [0.15, 0.2) is 141 Å². The third-order valence-corrected chi connectivity index (χ3v) is 13.7. The Morgan fingerprint density at radius 1 is 0.807 bits per heavy atom. The summed E-state index contributed by atoms with van der Waals surface area (Å²) in [4.78, 5) is 11.1.